The number of aryl methyl sites for hydroxylation is 1. The number of hydrogen-bond donors (Lipinski definition) is 3. The van der Waals surface area contributed by atoms with E-state index in [1.165, 1.54) is 11.9 Å². The van der Waals surface area contributed by atoms with E-state index in [4.69, 9.17) is 21.8 Å². The average Bonchev–Trinajstić information content (AvgIpc) is 3.24. The van der Waals surface area contributed by atoms with Gasteiger partial charge in [0.1, 0.15) is 5.69 Å². The molecule has 0 saturated carbocycles. The molecule has 0 bridgehead atoms. The molecule has 3 rings (SSSR count). The zero-order chi connectivity index (χ0) is 26.8. The number of benzene rings is 1. The normalized spacial score (nSPS) is 12.4. The molecule has 0 aliphatic carbocycles. The van der Waals surface area contributed by atoms with E-state index in [2.05, 4.69) is 20.0 Å². The Bertz CT molecular complexity index is 1370. The second kappa shape index (κ2) is 10.7. The Kier molecular flexibility index (Phi) is 8.09. The molecule has 0 radical (unpaired) electrons. The smallest absolute Gasteiger partial charge is 0.407 e. The lowest BCUT2D eigenvalue weighted by Gasteiger charge is -2.22. The molecule has 0 saturated heterocycles. The standard InChI is InChI=1S/C23H30ClN7O4S/c1-13(2)31-12-17(18-7-8-25-22(27-18)26-11-15(4)30(5)23(32)33)21(28-31)16-9-14(3)10-19(20(16)24)29-36(6,34)35/h7-10,12-13,15,29H,11H2,1-6H3,(H,32,33)(H,25,26,27)/t15-/m0/s1. The predicted octanol–water partition coefficient (Wildman–Crippen LogP) is 4.33. The molecule has 0 aliphatic heterocycles. The third-order valence-corrected chi connectivity index (χ3v) is 6.48. The topological polar surface area (TPSA) is 142 Å². The molecule has 3 N–H and O–H groups in total. The number of rotatable bonds is 9. The van der Waals surface area contributed by atoms with Gasteiger partial charge < -0.3 is 15.3 Å². The number of aromatic nitrogens is 4. The number of likely N-dealkylation sites (N-methyl/N-ethyl adjacent to an activating group) is 1. The lowest BCUT2D eigenvalue weighted by molar-refractivity contribution is 0.144. The van der Waals surface area contributed by atoms with E-state index in [0.29, 0.717) is 35.0 Å². The first-order chi connectivity index (χ1) is 16.8. The van der Waals surface area contributed by atoms with E-state index in [0.717, 1.165) is 11.8 Å². The summed E-state index contributed by atoms with van der Waals surface area (Å²) in [5.74, 6) is 0.330. The van der Waals surface area contributed by atoms with Crippen LogP contribution < -0.4 is 10.0 Å². The Hall–Kier alpha value is -3.38. The molecule has 0 aliphatic rings. The molecule has 36 heavy (non-hydrogen) atoms. The molecule has 194 valence electrons. The minimum absolute atomic E-state index is 0.0431. The van der Waals surface area contributed by atoms with Gasteiger partial charge in [-0.05, 0) is 51.5 Å². The Morgan fingerprint density at radius 3 is 2.56 bits per heavy atom. The molecule has 2 aromatic heterocycles. The Balaban J connectivity index is 2.06. The highest BCUT2D eigenvalue weighted by molar-refractivity contribution is 7.92. The monoisotopic (exact) mass is 535 g/mol. The maximum Gasteiger partial charge on any atom is 0.407 e. The zero-order valence-corrected chi connectivity index (χ0v) is 22.5. The third kappa shape index (κ3) is 6.43. The van der Waals surface area contributed by atoms with Crippen LogP contribution in [0.5, 0.6) is 0 Å². The summed E-state index contributed by atoms with van der Waals surface area (Å²) in [6.45, 7) is 7.91. The second-order valence-corrected chi connectivity index (χ2v) is 11.0. The fraction of sp³-hybridized carbons (Fsp3) is 0.391. The van der Waals surface area contributed by atoms with Gasteiger partial charge in [-0.1, -0.05) is 11.6 Å². The van der Waals surface area contributed by atoms with Gasteiger partial charge in [-0.15, -0.1) is 0 Å². The van der Waals surface area contributed by atoms with Crippen LogP contribution in [-0.2, 0) is 10.0 Å². The van der Waals surface area contributed by atoms with E-state index in [-0.39, 0.29) is 22.8 Å². The largest absolute Gasteiger partial charge is 0.465 e. The highest BCUT2D eigenvalue weighted by Crippen LogP contribution is 2.39. The summed E-state index contributed by atoms with van der Waals surface area (Å²) in [5, 5.41) is 17.2. The summed E-state index contributed by atoms with van der Waals surface area (Å²) in [6.07, 6.45) is 3.50. The number of anilines is 2. The molecule has 0 unspecified atom stereocenters. The number of hydrogen-bond acceptors (Lipinski definition) is 7. The van der Waals surface area contributed by atoms with E-state index in [1.54, 1.807) is 29.9 Å². The number of nitrogens with one attached hydrogen (secondary N) is 2. The lowest BCUT2D eigenvalue weighted by Crippen LogP contribution is -2.38. The Morgan fingerprint density at radius 2 is 1.94 bits per heavy atom. The second-order valence-electron chi connectivity index (χ2n) is 8.90. The number of carbonyl (C=O) groups is 1. The molecule has 3 aromatic rings. The van der Waals surface area contributed by atoms with Crippen molar-refractivity contribution in [1.82, 2.24) is 24.6 Å². The van der Waals surface area contributed by atoms with Gasteiger partial charge >= 0.3 is 6.09 Å². The molecule has 1 aromatic carbocycles. The van der Waals surface area contributed by atoms with Crippen LogP contribution in [0.15, 0.2) is 30.6 Å². The van der Waals surface area contributed by atoms with Crippen LogP contribution in [0.2, 0.25) is 5.02 Å². The minimum Gasteiger partial charge on any atom is -0.465 e. The quantitative estimate of drug-likeness (QED) is 0.367. The van der Waals surface area contributed by atoms with Crippen molar-refractivity contribution in [2.75, 3.05) is 29.9 Å². The summed E-state index contributed by atoms with van der Waals surface area (Å²) in [6, 6.07) is 4.98. The van der Waals surface area contributed by atoms with Crippen molar-refractivity contribution >= 4 is 39.4 Å². The van der Waals surface area contributed by atoms with E-state index < -0.39 is 16.1 Å². The van der Waals surface area contributed by atoms with Crippen molar-refractivity contribution in [1.29, 1.82) is 0 Å². The first-order valence-electron chi connectivity index (χ1n) is 11.2. The Morgan fingerprint density at radius 1 is 1.25 bits per heavy atom. The molecule has 13 heteroatoms. The SMILES string of the molecule is Cc1cc(NS(C)(=O)=O)c(Cl)c(-c2nn(C(C)C)cc2-c2ccnc(NC[C@H](C)N(C)C(=O)O)n2)c1. The van der Waals surface area contributed by atoms with Crippen molar-refractivity contribution in [2.24, 2.45) is 0 Å². The molecular weight excluding hydrogens is 506 g/mol. The summed E-state index contributed by atoms with van der Waals surface area (Å²) < 4.78 is 28.0. The first-order valence-corrected chi connectivity index (χ1v) is 13.4. The van der Waals surface area contributed by atoms with Crippen molar-refractivity contribution in [3.63, 3.8) is 0 Å². The van der Waals surface area contributed by atoms with Gasteiger partial charge in [0.25, 0.3) is 0 Å². The molecule has 0 spiro atoms. The molecule has 0 fully saturated rings. The maximum absolute atomic E-state index is 11.9. The molecular formula is C23H30ClN7O4S. The minimum atomic E-state index is -3.55. The van der Waals surface area contributed by atoms with Crippen molar-refractivity contribution in [2.45, 2.75) is 39.8 Å². The molecule has 1 amide bonds. The van der Waals surface area contributed by atoms with Crippen LogP contribution in [0.3, 0.4) is 0 Å². The molecule has 2 heterocycles. The summed E-state index contributed by atoms with van der Waals surface area (Å²) >= 11 is 6.67. The lowest BCUT2D eigenvalue weighted by atomic mass is 10.0. The van der Waals surface area contributed by atoms with Crippen LogP contribution in [0.1, 0.15) is 32.4 Å². The van der Waals surface area contributed by atoms with Crippen LogP contribution in [0.4, 0.5) is 16.4 Å². The number of amides is 1. The van der Waals surface area contributed by atoms with Gasteiger partial charge in [0, 0.05) is 49.2 Å². The number of halogens is 1. The van der Waals surface area contributed by atoms with Gasteiger partial charge in [0.05, 0.1) is 22.7 Å². The summed E-state index contributed by atoms with van der Waals surface area (Å²) in [4.78, 5) is 21.2. The zero-order valence-electron chi connectivity index (χ0n) is 20.9. The fourth-order valence-electron chi connectivity index (χ4n) is 3.42. The number of carboxylic acid groups (broad SMARTS) is 1. The third-order valence-electron chi connectivity index (χ3n) is 5.48. The van der Waals surface area contributed by atoms with Gasteiger partial charge in [0.15, 0.2) is 0 Å². The van der Waals surface area contributed by atoms with E-state index >= 15 is 0 Å². The highest BCUT2D eigenvalue weighted by atomic mass is 35.5. The molecule has 11 nitrogen and oxygen atoms in total. The van der Waals surface area contributed by atoms with Crippen LogP contribution in [-0.4, -0.2) is 70.2 Å². The van der Waals surface area contributed by atoms with Crippen molar-refractivity contribution < 1.29 is 18.3 Å². The van der Waals surface area contributed by atoms with Crippen LogP contribution in [0, 0.1) is 6.92 Å². The highest BCUT2D eigenvalue weighted by Gasteiger charge is 2.21. The van der Waals surface area contributed by atoms with Gasteiger partial charge in [-0.3, -0.25) is 9.40 Å². The summed E-state index contributed by atoms with van der Waals surface area (Å²) in [5.41, 5.74) is 3.42. The van der Waals surface area contributed by atoms with E-state index in [9.17, 15) is 13.2 Å². The van der Waals surface area contributed by atoms with Gasteiger partial charge in [-0.2, -0.15) is 5.10 Å². The average molecular weight is 536 g/mol. The van der Waals surface area contributed by atoms with Gasteiger partial charge in [-0.25, -0.2) is 23.2 Å². The fourth-order valence-corrected chi connectivity index (χ4v) is 4.28. The van der Waals surface area contributed by atoms with Crippen LogP contribution >= 0.6 is 11.6 Å². The van der Waals surface area contributed by atoms with E-state index in [1.807, 2.05) is 33.0 Å². The van der Waals surface area contributed by atoms with Crippen molar-refractivity contribution in [3.8, 4) is 22.5 Å². The molecule has 1 atom stereocenters. The number of nitrogens with zero attached hydrogens (tertiary/aromatic N) is 5. The number of sulfonamides is 1. The summed E-state index contributed by atoms with van der Waals surface area (Å²) in [7, 11) is -2.05. The Labute approximate surface area is 215 Å². The van der Waals surface area contributed by atoms with Crippen LogP contribution in [0.25, 0.3) is 22.5 Å². The predicted molar refractivity (Wildman–Crippen MR) is 141 cm³/mol. The maximum atomic E-state index is 11.9. The first kappa shape index (κ1) is 27.2. The van der Waals surface area contributed by atoms with Gasteiger partial charge in [0.2, 0.25) is 16.0 Å². The van der Waals surface area contributed by atoms with Crippen molar-refractivity contribution in [3.05, 3.63) is 41.2 Å².